The topological polar surface area (TPSA) is 71.4 Å². The zero-order valence-corrected chi connectivity index (χ0v) is 11.3. The Morgan fingerprint density at radius 2 is 1.32 bits per heavy atom. The standard InChI is InChI=1S/C13H6F4O4S/c14-8-7(12(18)6-4-2-1-3-5-6)9(15)11(17)13(10(8)16)22(19,20)21/h1-5H,(H,19,20,21). The first kappa shape index (κ1) is 16.1. The van der Waals surface area contributed by atoms with Crippen LogP contribution in [0, 0.1) is 23.3 Å². The Morgan fingerprint density at radius 1 is 0.864 bits per heavy atom. The predicted molar refractivity (Wildman–Crippen MR) is 66.0 cm³/mol. The van der Waals surface area contributed by atoms with Crippen LogP contribution in [0.5, 0.6) is 0 Å². The molecule has 0 heterocycles. The maximum absolute atomic E-state index is 13.8. The fourth-order valence-corrected chi connectivity index (χ4v) is 2.40. The molecule has 0 bridgehead atoms. The van der Waals surface area contributed by atoms with E-state index in [1.807, 2.05) is 0 Å². The average molecular weight is 334 g/mol. The van der Waals surface area contributed by atoms with Gasteiger partial charge in [0.15, 0.2) is 33.9 Å². The highest BCUT2D eigenvalue weighted by atomic mass is 32.2. The van der Waals surface area contributed by atoms with Gasteiger partial charge >= 0.3 is 10.1 Å². The molecule has 0 amide bonds. The minimum atomic E-state index is -5.56. The third-order valence-corrected chi connectivity index (χ3v) is 3.62. The Morgan fingerprint density at radius 3 is 1.73 bits per heavy atom. The molecule has 4 nitrogen and oxygen atoms in total. The summed E-state index contributed by atoms with van der Waals surface area (Å²) in [6.07, 6.45) is 0. The lowest BCUT2D eigenvalue weighted by Crippen LogP contribution is -2.16. The molecule has 0 aliphatic heterocycles. The first-order valence-electron chi connectivity index (χ1n) is 5.59. The second-order valence-electron chi connectivity index (χ2n) is 4.13. The summed E-state index contributed by atoms with van der Waals surface area (Å²) in [5, 5.41) is 0. The van der Waals surface area contributed by atoms with Gasteiger partial charge in [-0.25, -0.2) is 17.6 Å². The Bertz CT molecular complexity index is 834. The first-order chi connectivity index (χ1) is 10.2. The Labute approximate surface area is 121 Å². The van der Waals surface area contributed by atoms with Crippen LogP contribution in [0.4, 0.5) is 17.6 Å². The van der Waals surface area contributed by atoms with E-state index in [-0.39, 0.29) is 5.56 Å². The van der Waals surface area contributed by atoms with E-state index >= 15 is 0 Å². The van der Waals surface area contributed by atoms with Crippen molar-refractivity contribution < 1.29 is 35.3 Å². The van der Waals surface area contributed by atoms with E-state index in [2.05, 4.69) is 0 Å². The van der Waals surface area contributed by atoms with E-state index in [0.717, 1.165) is 12.1 Å². The quantitative estimate of drug-likeness (QED) is 0.405. The minimum absolute atomic E-state index is 0.265. The van der Waals surface area contributed by atoms with Gasteiger partial charge in [0, 0.05) is 5.56 Å². The van der Waals surface area contributed by atoms with Gasteiger partial charge in [0.25, 0.3) is 0 Å². The molecule has 0 unspecified atom stereocenters. The maximum atomic E-state index is 13.8. The fourth-order valence-electron chi connectivity index (χ4n) is 1.77. The summed E-state index contributed by atoms with van der Waals surface area (Å²) in [7, 11) is -5.56. The number of benzene rings is 2. The number of ketones is 1. The van der Waals surface area contributed by atoms with E-state index in [0.29, 0.717) is 0 Å². The molecule has 9 heteroatoms. The zero-order chi connectivity index (χ0) is 16.7. The van der Waals surface area contributed by atoms with E-state index in [1.54, 1.807) is 0 Å². The second kappa shape index (κ2) is 5.50. The SMILES string of the molecule is O=C(c1ccccc1)c1c(F)c(F)c(S(=O)(=O)O)c(F)c1F. The highest BCUT2D eigenvalue weighted by Crippen LogP contribution is 2.28. The molecular formula is C13H6F4O4S. The zero-order valence-electron chi connectivity index (χ0n) is 10.5. The molecule has 0 spiro atoms. The van der Waals surface area contributed by atoms with Gasteiger partial charge in [-0.3, -0.25) is 9.35 Å². The first-order valence-corrected chi connectivity index (χ1v) is 7.03. The van der Waals surface area contributed by atoms with Crippen LogP contribution in [0.3, 0.4) is 0 Å². The van der Waals surface area contributed by atoms with Crippen LogP contribution in [0.15, 0.2) is 35.2 Å². The lowest BCUT2D eigenvalue weighted by atomic mass is 10.0. The molecule has 0 aliphatic carbocycles. The molecule has 116 valence electrons. The summed E-state index contributed by atoms with van der Waals surface area (Å²) in [5.41, 5.74) is -1.85. The normalized spacial score (nSPS) is 11.5. The number of hydrogen-bond donors (Lipinski definition) is 1. The molecule has 0 saturated heterocycles. The van der Waals surface area contributed by atoms with E-state index < -0.39 is 49.6 Å². The highest BCUT2D eigenvalue weighted by molar-refractivity contribution is 7.85. The molecule has 0 saturated carbocycles. The largest absolute Gasteiger partial charge is 0.300 e. The third kappa shape index (κ3) is 2.60. The van der Waals surface area contributed by atoms with Crippen molar-refractivity contribution in [2.45, 2.75) is 4.90 Å². The van der Waals surface area contributed by atoms with Crippen LogP contribution in [0.25, 0.3) is 0 Å². The van der Waals surface area contributed by atoms with Crippen molar-refractivity contribution in [1.82, 2.24) is 0 Å². The van der Waals surface area contributed by atoms with Gasteiger partial charge in [0.05, 0.1) is 0 Å². The van der Waals surface area contributed by atoms with Crippen LogP contribution in [0.1, 0.15) is 15.9 Å². The summed E-state index contributed by atoms with van der Waals surface area (Å²) in [6, 6.07) is 6.48. The van der Waals surface area contributed by atoms with Crippen molar-refractivity contribution in [3.63, 3.8) is 0 Å². The third-order valence-electron chi connectivity index (χ3n) is 2.74. The van der Waals surface area contributed by atoms with Crippen LogP contribution in [-0.2, 0) is 10.1 Å². The Balaban J connectivity index is 2.78. The summed E-state index contributed by atoms with van der Waals surface area (Å²) in [6.45, 7) is 0. The van der Waals surface area contributed by atoms with Crippen LogP contribution in [0.2, 0.25) is 0 Å². The van der Waals surface area contributed by atoms with Gasteiger partial charge in [-0.1, -0.05) is 30.3 Å². The summed E-state index contributed by atoms with van der Waals surface area (Å²) in [5.74, 6) is -10.5. The molecule has 1 N–H and O–H groups in total. The lowest BCUT2D eigenvalue weighted by Gasteiger charge is -2.09. The fraction of sp³-hybridized carbons (Fsp3) is 0. The van der Waals surface area contributed by atoms with Gasteiger partial charge in [-0.15, -0.1) is 0 Å². The van der Waals surface area contributed by atoms with Gasteiger partial charge in [0.1, 0.15) is 5.56 Å². The molecule has 0 radical (unpaired) electrons. The molecule has 0 atom stereocenters. The van der Waals surface area contributed by atoms with Crippen molar-refractivity contribution in [2.24, 2.45) is 0 Å². The molecule has 0 aliphatic rings. The maximum Gasteiger partial charge on any atom is 0.300 e. The van der Waals surface area contributed by atoms with Crippen molar-refractivity contribution >= 4 is 15.9 Å². The lowest BCUT2D eigenvalue weighted by molar-refractivity contribution is 0.102. The van der Waals surface area contributed by atoms with E-state index in [9.17, 15) is 30.8 Å². The van der Waals surface area contributed by atoms with Crippen molar-refractivity contribution in [1.29, 1.82) is 0 Å². The summed E-state index contributed by atoms with van der Waals surface area (Å²) < 4.78 is 85.0. The number of rotatable bonds is 3. The summed E-state index contributed by atoms with van der Waals surface area (Å²) >= 11 is 0. The van der Waals surface area contributed by atoms with Gasteiger partial charge < -0.3 is 0 Å². The second-order valence-corrected chi connectivity index (χ2v) is 5.49. The summed E-state index contributed by atoms with van der Waals surface area (Å²) in [4.78, 5) is 9.74. The predicted octanol–water partition coefficient (Wildman–Crippen LogP) is 2.72. The molecule has 22 heavy (non-hydrogen) atoms. The minimum Gasteiger partial charge on any atom is -0.288 e. The van der Waals surface area contributed by atoms with Crippen LogP contribution >= 0.6 is 0 Å². The van der Waals surface area contributed by atoms with Crippen molar-refractivity contribution in [3.8, 4) is 0 Å². The molecule has 2 aromatic rings. The molecular weight excluding hydrogens is 328 g/mol. The smallest absolute Gasteiger partial charge is 0.288 e. The van der Waals surface area contributed by atoms with Gasteiger partial charge in [-0.2, -0.15) is 8.42 Å². The monoisotopic (exact) mass is 334 g/mol. The average Bonchev–Trinajstić information content (AvgIpc) is 2.45. The molecule has 2 rings (SSSR count). The molecule has 2 aromatic carbocycles. The number of carbonyl (C=O) groups excluding carboxylic acids is 1. The van der Waals surface area contributed by atoms with E-state index in [1.165, 1.54) is 18.2 Å². The van der Waals surface area contributed by atoms with Crippen molar-refractivity contribution in [3.05, 3.63) is 64.7 Å². The van der Waals surface area contributed by atoms with E-state index in [4.69, 9.17) is 4.55 Å². The number of carbonyl (C=O) groups is 1. The van der Waals surface area contributed by atoms with Crippen LogP contribution < -0.4 is 0 Å². The number of hydrogen-bond acceptors (Lipinski definition) is 3. The Kier molecular flexibility index (Phi) is 4.03. The Hall–Kier alpha value is -2.26. The molecule has 0 fully saturated rings. The molecule has 0 aromatic heterocycles. The number of halogens is 4. The highest BCUT2D eigenvalue weighted by Gasteiger charge is 2.34. The van der Waals surface area contributed by atoms with Gasteiger partial charge in [-0.05, 0) is 0 Å². The van der Waals surface area contributed by atoms with Gasteiger partial charge in [0.2, 0.25) is 0 Å². The van der Waals surface area contributed by atoms with Crippen LogP contribution in [-0.4, -0.2) is 18.8 Å². The van der Waals surface area contributed by atoms with Crippen molar-refractivity contribution in [2.75, 3.05) is 0 Å².